The number of aliphatic imine (C=N–C) groups is 1. The molecule has 1 heterocycles. The van der Waals surface area contributed by atoms with E-state index in [9.17, 15) is 0 Å². The van der Waals surface area contributed by atoms with Crippen molar-refractivity contribution < 1.29 is 14.2 Å². The number of aromatic nitrogens is 2. The van der Waals surface area contributed by atoms with Crippen LogP contribution < -0.4 is 24.8 Å². The van der Waals surface area contributed by atoms with Crippen LogP contribution in [0.15, 0.2) is 41.4 Å². The fourth-order valence-corrected chi connectivity index (χ4v) is 3.50. The molecular weight excluding hydrogens is 521 g/mol. The van der Waals surface area contributed by atoms with Gasteiger partial charge in [0.15, 0.2) is 17.5 Å². The van der Waals surface area contributed by atoms with Crippen LogP contribution in [0.2, 0.25) is 0 Å². The van der Waals surface area contributed by atoms with E-state index in [0.717, 1.165) is 48.0 Å². The van der Waals surface area contributed by atoms with Crippen LogP contribution in [0.3, 0.4) is 0 Å². The number of aryl methyl sites for hydroxylation is 1. The summed E-state index contributed by atoms with van der Waals surface area (Å²) in [6.45, 7) is 6.84. The van der Waals surface area contributed by atoms with Gasteiger partial charge >= 0.3 is 0 Å². The lowest BCUT2D eigenvalue weighted by Crippen LogP contribution is -2.38. The van der Waals surface area contributed by atoms with Crippen LogP contribution >= 0.6 is 24.0 Å². The number of benzene rings is 2. The number of guanidine groups is 1. The molecule has 0 unspecified atom stereocenters. The molecule has 174 valence electrons. The summed E-state index contributed by atoms with van der Waals surface area (Å²) in [6, 6.07) is 12.0. The van der Waals surface area contributed by atoms with Crippen molar-refractivity contribution in [3.8, 4) is 17.2 Å². The fraction of sp³-hybridized carbons (Fsp3) is 0.391. The second kappa shape index (κ2) is 12.4. The average Bonchev–Trinajstić information content (AvgIpc) is 3.11. The molecule has 0 amide bonds. The zero-order valence-corrected chi connectivity index (χ0v) is 21.6. The van der Waals surface area contributed by atoms with Crippen molar-refractivity contribution >= 4 is 41.0 Å². The van der Waals surface area contributed by atoms with Crippen LogP contribution in [0.25, 0.3) is 11.0 Å². The molecule has 9 heteroatoms. The summed E-state index contributed by atoms with van der Waals surface area (Å²) in [6.07, 6.45) is 0. The third-order valence-electron chi connectivity index (χ3n) is 4.96. The summed E-state index contributed by atoms with van der Waals surface area (Å²) in [4.78, 5) is 9.34. The lowest BCUT2D eigenvalue weighted by atomic mass is 10.2. The Kier molecular flexibility index (Phi) is 9.89. The highest BCUT2D eigenvalue weighted by molar-refractivity contribution is 14.0. The first-order valence-electron chi connectivity index (χ1n) is 10.3. The van der Waals surface area contributed by atoms with Crippen molar-refractivity contribution in [1.29, 1.82) is 0 Å². The van der Waals surface area contributed by atoms with Crippen LogP contribution in [-0.2, 0) is 13.1 Å². The number of para-hydroxylation sites is 2. The maximum atomic E-state index is 5.43. The minimum Gasteiger partial charge on any atom is -0.493 e. The molecule has 0 aliphatic rings. The van der Waals surface area contributed by atoms with E-state index in [-0.39, 0.29) is 24.0 Å². The molecule has 8 nitrogen and oxygen atoms in total. The lowest BCUT2D eigenvalue weighted by molar-refractivity contribution is 0.324. The van der Waals surface area contributed by atoms with Gasteiger partial charge in [-0.2, -0.15) is 0 Å². The van der Waals surface area contributed by atoms with Crippen LogP contribution in [0.4, 0.5) is 0 Å². The number of hydrogen-bond acceptors (Lipinski definition) is 5. The first kappa shape index (κ1) is 25.6. The number of rotatable bonds is 9. The second-order valence-electron chi connectivity index (χ2n) is 6.95. The van der Waals surface area contributed by atoms with Gasteiger partial charge in [0, 0.05) is 19.6 Å². The van der Waals surface area contributed by atoms with E-state index in [1.54, 1.807) is 21.3 Å². The Morgan fingerprint density at radius 3 is 2.34 bits per heavy atom. The van der Waals surface area contributed by atoms with Gasteiger partial charge in [0.2, 0.25) is 5.75 Å². The topological polar surface area (TPSA) is 81.9 Å². The normalized spacial score (nSPS) is 11.1. The third-order valence-corrected chi connectivity index (χ3v) is 4.96. The third kappa shape index (κ3) is 5.96. The van der Waals surface area contributed by atoms with E-state index in [4.69, 9.17) is 19.2 Å². The number of fused-ring (bicyclic) bond motifs is 1. The zero-order valence-electron chi connectivity index (χ0n) is 19.3. The molecule has 2 N–H and O–H groups in total. The zero-order chi connectivity index (χ0) is 22.2. The van der Waals surface area contributed by atoms with E-state index in [2.05, 4.69) is 26.3 Å². The van der Waals surface area contributed by atoms with Crippen LogP contribution in [0.1, 0.15) is 18.3 Å². The Hall–Kier alpha value is -2.69. The van der Waals surface area contributed by atoms with Gasteiger partial charge in [-0.3, -0.25) is 0 Å². The Morgan fingerprint density at radius 2 is 1.72 bits per heavy atom. The Labute approximate surface area is 206 Å². The summed E-state index contributed by atoms with van der Waals surface area (Å²) in [7, 11) is 4.81. The van der Waals surface area contributed by atoms with Crippen LogP contribution in [-0.4, -0.2) is 49.9 Å². The SMILES string of the molecule is CCNC(=NCc1cc(OC)c(OC)c(OC)c1)NCCn1c(C)nc2ccccc21.I. The Balaban J connectivity index is 0.00000363. The molecule has 1 aromatic heterocycles. The molecule has 0 bridgehead atoms. The summed E-state index contributed by atoms with van der Waals surface area (Å²) >= 11 is 0. The Morgan fingerprint density at radius 1 is 1.03 bits per heavy atom. The number of methoxy groups -OCH3 is 3. The van der Waals surface area contributed by atoms with Gasteiger partial charge in [-0.25, -0.2) is 9.98 Å². The minimum atomic E-state index is 0. The quantitative estimate of drug-likeness (QED) is 0.239. The molecular formula is C23H32IN5O3. The number of nitrogens with zero attached hydrogens (tertiary/aromatic N) is 3. The fourth-order valence-electron chi connectivity index (χ4n) is 3.50. The van der Waals surface area contributed by atoms with Gasteiger partial charge in [0.25, 0.3) is 0 Å². The molecule has 0 atom stereocenters. The average molecular weight is 553 g/mol. The number of ether oxygens (including phenoxy) is 3. The summed E-state index contributed by atoms with van der Waals surface area (Å²) in [5, 5.41) is 6.70. The van der Waals surface area contributed by atoms with Crippen molar-refractivity contribution in [3.63, 3.8) is 0 Å². The minimum absolute atomic E-state index is 0. The van der Waals surface area contributed by atoms with Crippen LogP contribution in [0, 0.1) is 6.92 Å². The largest absolute Gasteiger partial charge is 0.493 e. The molecule has 3 aromatic rings. The molecule has 2 aromatic carbocycles. The molecule has 0 aliphatic carbocycles. The molecule has 3 rings (SSSR count). The number of imidazole rings is 1. The predicted molar refractivity (Wildman–Crippen MR) is 139 cm³/mol. The van der Waals surface area contributed by atoms with Gasteiger partial charge in [0.05, 0.1) is 38.9 Å². The highest BCUT2D eigenvalue weighted by Gasteiger charge is 2.13. The standard InChI is InChI=1S/C23H31N5O3.HI/c1-6-24-23(25-11-12-28-16(2)27-18-9-7-8-10-19(18)28)26-15-17-13-20(29-3)22(31-5)21(14-17)30-4;/h7-10,13-14H,6,11-12,15H2,1-5H3,(H2,24,25,26);1H. The van der Waals surface area contributed by atoms with Crippen molar-refractivity contribution in [1.82, 2.24) is 20.2 Å². The second-order valence-corrected chi connectivity index (χ2v) is 6.95. The first-order chi connectivity index (χ1) is 15.1. The molecule has 0 saturated carbocycles. The van der Waals surface area contributed by atoms with E-state index in [1.165, 1.54) is 0 Å². The smallest absolute Gasteiger partial charge is 0.203 e. The maximum Gasteiger partial charge on any atom is 0.203 e. The van der Waals surface area contributed by atoms with Gasteiger partial charge in [0.1, 0.15) is 5.82 Å². The Bertz CT molecular complexity index is 1030. The van der Waals surface area contributed by atoms with E-state index in [0.29, 0.717) is 23.8 Å². The lowest BCUT2D eigenvalue weighted by Gasteiger charge is -2.15. The van der Waals surface area contributed by atoms with Crippen LogP contribution in [0.5, 0.6) is 17.2 Å². The molecule has 0 aliphatic heterocycles. The summed E-state index contributed by atoms with van der Waals surface area (Å²) in [5.41, 5.74) is 3.12. The first-order valence-corrected chi connectivity index (χ1v) is 10.3. The van der Waals surface area contributed by atoms with Gasteiger partial charge < -0.3 is 29.4 Å². The molecule has 0 spiro atoms. The van der Waals surface area contributed by atoms with Gasteiger partial charge in [-0.05, 0) is 43.7 Å². The molecule has 0 saturated heterocycles. The summed E-state index contributed by atoms with van der Waals surface area (Å²) < 4.78 is 18.5. The van der Waals surface area contributed by atoms with Crippen molar-refractivity contribution in [3.05, 3.63) is 47.8 Å². The highest BCUT2D eigenvalue weighted by atomic mass is 127. The molecule has 0 fully saturated rings. The number of halogens is 1. The van der Waals surface area contributed by atoms with Crippen molar-refractivity contribution in [2.45, 2.75) is 26.9 Å². The van der Waals surface area contributed by atoms with Crippen molar-refractivity contribution in [2.24, 2.45) is 4.99 Å². The predicted octanol–water partition coefficient (Wildman–Crippen LogP) is 3.74. The highest BCUT2D eigenvalue weighted by Crippen LogP contribution is 2.38. The van der Waals surface area contributed by atoms with Gasteiger partial charge in [-0.1, -0.05) is 12.1 Å². The maximum absolute atomic E-state index is 5.43. The molecule has 32 heavy (non-hydrogen) atoms. The van der Waals surface area contributed by atoms with E-state index >= 15 is 0 Å². The van der Waals surface area contributed by atoms with E-state index < -0.39 is 0 Å². The monoisotopic (exact) mass is 553 g/mol. The van der Waals surface area contributed by atoms with E-state index in [1.807, 2.05) is 44.2 Å². The number of nitrogens with one attached hydrogen (secondary N) is 2. The molecule has 0 radical (unpaired) electrons. The van der Waals surface area contributed by atoms with Crippen molar-refractivity contribution in [2.75, 3.05) is 34.4 Å². The summed E-state index contributed by atoms with van der Waals surface area (Å²) in [5.74, 6) is 3.56. The van der Waals surface area contributed by atoms with Gasteiger partial charge in [-0.15, -0.1) is 24.0 Å². The number of hydrogen-bond donors (Lipinski definition) is 2.